The van der Waals surface area contributed by atoms with E-state index >= 15 is 0 Å². The van der Waals surface area contributed by atoms with E-state index in [1.54, 1.807) is 35.7 Å². The van der Waals surface area contributed by atoms with Gasteiger partial charge in [0, 0.05) is 22.2 Å². The van der Waals surface area contributed by atoms with Crippen molar-refractivity contribution in [1.29, 1.82) is 0 Å². The molecule has 1 aromatic carbocycles. The Morgan fingerprint density at radius 1 is 1.28 bits per heavy atom. The van der Waals surface area contributed by atoms with Crippen LogP contribution in [0.3, 0.4) is 0 Å². The van der Waals surface area contributed by atoms with Crippen LogP contribution in [0.25, 0.3) is 6.08 Å². The van der Waals surface area contributed by atoms with Gasteiger partial charge in [-0.3, -0.25) is 9.69 Å². The summed E-state index contributed by atoms with van der Waals surface area (Å²) < 4.78 is 5.27. The van der Waals surface area contributed by atoms with E-state index < -0.39 is 5.97 Å². The van der Waals surface area contributed by atoms with E-state index in [0.717, 1.165) is 9.75 Å². The fourth-order valence-corrected chi connectivity index (χ4v) is 4.51. The highest BCUT2D eigenvalue weighted by atomic mass is 35.5. The number of ether oxygens (including phenoxy) is 1. The zero-order chi connectivity index (χ0) is 20.5. The summed E-state index contributed by atoms with van der Waals surface area (Å²) in [5.41, 5.74) is 1.30. The van der Waals surface area contributed by atoms with E-state index in [9.17, 15) is 9.59 Å². The lowest BCUT2D eigenvalue weighted by atomic mass is 10.3. The van der Waals surface area contributed by atoms with Crippen LogP contribution in [0.5, 0.6) is 0 Å². The second kappa shape index (κ2) is 7.90. The number of nitrogens with zero attached hydrogens (tertiary/aromatic N) is 3. The van der Waals surface area contributed by atoms with Crippen LogP contribution in [-0.2, 0) is 14.3 Å². The van der Waals surface area contributed by atoms with Crippen LogP contribution in [0.15, 0.2) is 52.5 Å². The van der Waals surface area contributed by atoms with Gasteiger partial charge < -0.3 is 4.74 Å². The number of thiophene rings is 1. The van der Waals surface area contributed by atoms with Crippen LogP contribution in [0.2, 0.25) is 5.02 Å². The number of benzene rings is 1. The summed E-state index contributed by atoms with van der Waals surface area (Å²) in [7, 11) is 0. The van der Waals surface area contributed by atoms with Gasteiger partial charge in [-0.25, -0.2) is 14.8 Å². The highest BCUT2D eigenvalue weighted by Gasteiger charge is 2.26. The summed E-state index contributed by atoms with van der Waals surface area (Å²) in [5, 5.41) is 2.74. The lowest BCUT2D eigenvalue weighted by molar-refractivity contribution is -0.129. The molecule has 3 aromatic rings. The van der Waals surface area contributed by atoms with Crippen molar-refractivity contribution in [3.8, 4) is 0 Å². The molecule has 0 fully saturated rings. The molecule has 0 saturated heterocycles. The average Bonchev–Trinajstić information content (AvgIpc) is 3.37. The SMILES string of the molecule is CC(=O)N(c1cccc(Cl)c1)c1nc(/C=C2\N=C(c3ccc(C)s3)OC2=O)cs1. The van der Waals surface area contributed by atoms with Crippen LogP contribution in [0.1, 0.15) is 22.4 Å². The highest BCUT2D eigenvalue weighted by Crippen LogP contribution is 2.31. The predicted molar refractivity (Wildman–Crippen MR) is 116 cm³/mol. The summed E-state index contributed by atoms with van der Waals surface area (Å²) in [6.07, 6.45) is 1.55. The Bertz CT molecular complexity index is 1180. The zero-order valence-corrected chi connectivity index (χ0v) is 17.8. The van der Waals surface area contributed by atoms with Gasteiger partial charge in [0.2, 0.25) is 11.8 Å². The van der Waals surface area contributed by atoms with Gasteiger partial charge in [-0.1, -0.05) is 17.7 Å². The van der Waals surface area contributed by atoms with E-state index in [2.05, 4.69) is 9.98 Å². The number of amides is 1. The first-order chi connectivity index (χ1) is 13.9. The van der Waals surface area contributed by atoms with Crippen molar-refractivity contribution in [2.45, 2.75) is 13.8 Å². The summed E-state index contributed by atoms with van der Waals surface area (Å²) in [5.74, 6) is -0.438. The molecule has 0 aliphatic carbocycles. The number of esters is 1. The topological polar surface area (TPSA) is 71.9 Å². The summed E-state index contributed by atoms with van der Waals surface area (Å²) >= 11 is 8.83. The number of thiazole rings is 1. The first-order valence-corrected chi connectivity index (χ1v) is 10.6. The zero-order valence-electron chi connectivity index (χ0n) is 15.4. The molecular formula is C20H14ClN3O3S2. The number of aryl methyl sites for hydroxylation is 1. The number of aromatic nitrogens is 1. The third-order valence-corrected chi connectivity index (χ3v) is 6.01. The molecule has 6 nitrogen and oxygen atoms in total. The van der Waals surface area contributed by atoms with E-state index in [4.69, 9.17) is 16.3 Å². The maximum Gasteiger partial charge on any atom is 0.363 e. The first kappa shape index (κ1) is 19.5. The molecule has 1 aliphatic heterocycles. The number of halogens is 1. The Kier molecular flexibility index (Phi) is 5.31. The van der Waals surface area contributed by atoms with Crippen LogP contribution < -0.4 is 4.90 Å². The van der Waals surface area contributed by atoms with Gasteiger partial charge in [-0.2, -0.15) is 0 Å². The molecule has 29 heavy (non-hydrogen) atoms. The molecule has 2 aromatic heterocycles. The number of hydrogen-bond acceptors (Lipinski definition) is 7. The Hall–Kier alpha value is -2.81. The maximum absolute atomic E-state index is 12.2. The molecule has 1 amide bonds. The van der Waals surface area contributed by atoms with Gasteiger partial charge in [0.15, 0.2) is 10.8 Å². The van der Waals surface area contributed by atoms with E-state index in [-0.39, 0.29) is 11.6 Å². The largest absolute Gasteiger partial charge is 0.401 e. The third kappa shape index (κ3) is 4.14. The molecule has 0 unspecified atom stereocenters. The smallest absolute Gasteiger partial charge is 0.363 e. The number of carbonyl (C=O) groups is 2. The highest BCUT2D eigenvalue weighted by molar-refractivity contribution is 7.14. The van der Waals surface area contributed by atoms with Crippen molar-refractivity contribution < 1.29 is 14.3 Å². The van der Waals surface area contributed by atoms with Crippen LogP contribution in [0.4, 0.5) is 10.8 Å². The van der Waals surface area contributed by atoms with Crippen LogP contribution >= 0.6 is 34.3 Å². The Labute approximate surface area is 179 Å². The Morgan fingerprint density at radius 3 is 2.79 bits per heavy atom. The minimum atomic E-state index is -0.529. The second-order valence-electron chi connectivity index (χ2n) is 6.14. The number of aliphatic imine (C=N–C) groups is 1. The van der Waals surface area contributed by atoms with E-state index in [1.165, 1.54) is 34.5 Å². The van der Waals surface area contributed by atoms with Crippen molar-refractivity contribution in [2.75, 3.05) is 4.90 Å². The molecule has 0 N–H and O–H groups in total. The third-order valence-electron chi connectivity index (χ3n) is 3.94. The molecule has 4 rings (SSSR count). The second-order valence-corrected chi connectivity index (χ2v) is 8.70. The van der Waals surface area contributed by atoms with Crippen molar-refractivity contribution in [2.24, 2.45) is 4.99 Å². The number of carbonyl (C=O) groups excluding carboxylic acids is 2. The predicted octanol–water partition coefficient (Wildman–Crippen LogP) is 5.20. The molecule has 0 spiro atoms. The number of rotatable bonds is 4. The number of cyclic esters (lactones) is 1. The normalized spacial score (nSPS) is 14.8. The summed E-state index contributed by atoms with van der Waals surface area (Å²) in [4.78, 5) is 36.5. The van der Waals surface area contributed by atoms with Gasteiger partial charge in [-0.15, -0.1) is 22.7 Å². The van der Waals surface area contributed by atoms with Crippen molar-refractivity contribution in [3.05, 3.63) is 67.9 Å². The fraction of sp³-hybridized carbons (Fsp3) is 0.100. The quantitative estimate of drug-likeness (QED) is 0.410. The molecule has 0 atom stereocenters. The Balaban J connectivity index is 1.64. The summed E-state index contributed by atoms with van der Waals surface area (Å²) in [6, 6.07) is 10.8. The van der Waals surface area contributed by atoms with E-state index in [1.807, 2.05) is 19.1 Å². The first-order valence-electron chi connectivity index (χ1n) is 8.52. The van der Waals surface area contributed by atoms with Crippen molar-refractivity contribution >= 4 is 68.9 Å². The maximum atomic E-state index is 12.2. The molecule has 146 valence electrons. The number of anilines is 2. The van der Waals surface area contributed by atoms with Crippen molar-refractivity contribution in [1.82, 2.24) is 4.98 Å². The Morgan fingerprint density at radius 2 is 2.10 bits per heavy atom. The molecular weight excluding hydrogens is 430 g/mol. The lowest BCUT2D eigenvalue weighted by Gasteiger charge is -2.18. The van der Waals surface area contributed by atoms with Crippen LogP contribution in [0, 0.1) is 6.92 Å². The molecule has 0 bridgehead atoms. The molecule has 9 heteroatoms. The minimum absolute atomic E-state index is 0.167. The van der Waals surface area contributed by atoms with E-state index in [0.29, 0.717) is 27.4 Å². The monoisotopic (exact) mass is 443 g/mol. The van der Waals surface area contributed by atoms with Gasteiger partial charge >= 0.3 is 5.97 Å². The molecule has 3 heterocycles. The molecule has 0 radical (unpaired) electrons. The number of hydrogen-bond donors (Lipinski definition) is 0. The fourth-order valence-electron chi connectivity index (χ4n) is 2.69. The van der Waals surface area contributed by atoms with Crippen molar-refractivity contribution in [3.63, 3.8) is 0 Å². The minimum Gasteiger partial charge on any atom is -0.401 e. The molecule has 0 saturated carbocycles. The summed E-state index contributed by atoms with van der Waals surface area (Å²) in [6.45, 7) is 3.42. The van der Waals surface area contributed by atoms with Gasteiger partial charge in [0.05, 0.1) is 16.3 Å². The average molecular weight is 444 g/mol. The van der Waals surface area contributed by atoms with Crippen LogP contribution in [-0.4, -0.2) is 22.8 Å². The van der Waals surface area contributed by atoms with Gasteiger partial charge in [0.1, 0.15) is 0 Å². The lowest BCUT2D eigenvalue weighted by Crippen LogP contribution is -2.22. The van der Waals surface area contributed by atoms with Gasteiger partial charge in [0.25, 0.3) is 0 Å². The molecule has 1 aliphatic rings. The standard InChI is InChI=1S/C20H14ClN3O3S2/c1-11-6-7-17(29-11)18-23-16(19(26)27-18)9-14-10-28-20(22-14)24(12(2)25)15-5-3-4-13(21)8-15/h3-10H,1-2H3/b16-9-. The van der Waals surface area contributed by atoms with Gasteiger partial charge in [-0.05, 0) is 43.3 Å².